The van der Waals surface area contributed by atoms with Crippen molar-refractivity contribution in [3.05, 3.63) is 23.7 Å². The molecule has 4 rings (SSSR count). The lowest BCUT2D eigenvalue weighted by molar-refractivity contribution is -0.130. The molecule has 0 atom stereocenters. The van der Waals surface area contributed by atoms with Gasteiger partial charge in [-0.25, -0.2) is 18.7 Å². The molecule has 158 valence electrons. The van der Waals surface area contributed by atoms with Crippen LogP contribution in [0.5, 0.6) is 0 Å². The van der Waals surface area contributed by atoms with E-state index < -0.39 is 24.3 Å². The molecule has 9 heteroatoms. The van der Waals surface area contributed by atoms with Gasteiger partial charge in [0.05, 0.1) is 30.5 Å². The smallest absolute Gasteiger partial charge is 0.267 e. The standard InChI is InChI=1S/C16H17F2N5O2.C4H10/c17-16(18)3-4-23(8-16)12(24)7-21-15(25)10-5-19-14-13(10)22-11(6-20-14)9-1-2-9;1-4(2)3/h5-6,9H,1-4,7-8H2,(H,19,20)(H,21,25);4H,1-3H3. The number of likely N-dealkylation sites (tertiary alicyclic amines) is 1. The molecule has 1 saturated heterocycles. The summed E-state index contributed by atoms with van der Waals surface area (Å²) < 4.78 is 26.3. The van der Waals surface area contributed by atoms with Crippen molar-refractivity contribution in [3.63, 3.8) is 0 Å². The van der Waals surface area contributed by atoms with Crippen LogP contribution < -0.4 is 5.32 Å². The van der Waals surface area contributed by atoms with E-state index in [0.29, 0.717) is 22.6 Å². The Bertz CT molecular complexity index is 889. The summed E-state index contributed by atoms with van der Waals surface area (Å²) in [6.45, 7) is 5.59. The Labute approximate surface area is 168 Å². The molecule has 29 heavy (non-hydrogen) atoms. The number of halogens is 2. The first kappa shape index (κ1) is 21.1. The van der Waals surface area contributed by atoms with Gasteiger partial charge in [-0.3, -0.25) is 9.59 Å². The number of hydrogen-bond donors (Lipinski definition) is 2. The van der Waals surface area contributed by atoms with Crippen molar-refractivity contribution in [1.82, 2.24) is 25.2 Å². The number of rotatable bonds is 4. The van der Waals surface area contributed by atoms with Crippen LogP contribution in [0.25, 0.3) is 11.2 Å². The van der Waals surface area contributed by atoms with Gasteiger partial charge < -0.3 is 15.2 Å². The average Bonchev–Trinajstić information content (AvgIpc) is 3.31. The number of amides is 2. The molecular formula is C20H27F2N5O2. The van der Waals surface area contributed by atoms with E-state index in [2.05, 4.69) is 41.0 Å². The lowest BCUT2D eigenvalue weighted by Crippen LogP contribution is -2.40. The van der Waals surface area contributed by atoms with Crippen molar-refractivity contribution in [2.75, 3.05) is 19.6 Å². The Hall–Kier alpha value is -2.58. The molecule has 7 nitrogen and oxygen atoms in total. The quantitative estimate of drug-likeness (QED) is 0.815. The molecule has 2 aliphatic rings. The predicted molar refractivity (Wildman–Crippen MR) is 105 cm³/mol. The third-order valence-corrected chi connectivity index (χ3v) is 4.56. The molecule has 2 amide bonds. The molecule has 2 aromatic heterocycles. The van der Waals surface area contributed by atoms with Crippen molar-refractivity contribution < 1.29 is 18.4 Å². The van der Waals surface area contributed by atoms with Gasteiger partial charge in [-0.2, -0.15) is 0 Å². The minimum atomic E-state index is -2.84. The summed E-state index contributed by atoms with van der Waals surface area (Å²) in [5.41, 5.74) is 2.11. The molecule has 1 saturated carbocycles. The van der Waals surface area contributed by atoms with Crippen molar-refractivity contribution in [2.45, 2.75) is 51.9 Å². The third-order valence-electron chi connectivity index (χ3n) is 4.56. The highest BCUT2D eigenvalue weighted by Crippen LogP contribution is 2.39. The largest absolute Gasteiger partial charge is 0.344 e. The fourth-order valence-electron chi connectivity index (χ4n) is 2.97. The van der Waals surface area contributed by atoms with E-state index in [0.717, 1.165) is 29.4 Å². The SMILES string of the molecule is CC(C)C.O=C(NCC(=O)N1CCC(F)(F)C1)c1c[nH]c2ncc(C3CC3)nc12. The van der Waals surface area contributed by atoms with Gasteiger partial charge in [-0.05, 0) is 18.8 Å². The maximum atomic E-state index is 13.2. The zero-order valence-electron chi connectivity index (χ0n) is 17.0. The average molecular weight is 407 g/mol. The van der Waals surface area contributed by atoms with E-state index in [4.69, 9.17) is 0 Å². The molecule has 2 aromatic rings. The van der Waals surface area contributed by atoms with Crippen LogP contribution in [-0.4, -0.2) is 57.2 Å². The van der Waals surface area contributed by atoms with Crippen molar-refractivity contribution >= 4 is 23.0 Å². The first-order valence-corrected chi connectivity index (χ1v) is 9.94. The number of aromatic nitrogens is 3. The number of carbonyl (C=O) groups excluding carboxylic acids is 2. The second kappa shape index (κ2) is 8.42. The fourth-order valence-corrected chi connectivity index (χ4v) is 2.97. The normalized spacial score (nSPS) is 17.9. The van der Waals surface area contributed by atoms with Gasteiger partial charge in [0.15, 0.2) is 5.65 Å². The van der Waals surface area contributed by atoms with Crippen LogP contribution in [0.2, 0.25) is 0 Å². The number of hydrogen-bond acceptors (Lipinski definition) is 4. The van der Waals surface area contributed by atoms with Crippen LogP contribution in [0.15, 0.2) is 12.4 Å². The van der Waals surface area contributed by atoms with Gasteiger partial charge in [0.1, 0.15) is 5.52 Å². The summed E-state index contributed by atoms with van der Waals surface area (Å²) >= 11 is 0. The van der Waals surface area contributed by atoms with Gasteiger partial charge in [0.25, 0.3) is 11.8 Å². The summed E-state index contributed by atoms with van der Waals surface area (Å²) in [6.07, 6.45) is 5.00. The first-order chi connectivity index (χ1) is 13.7. The van der Waals surface area contributed by atoms with Gasteiger partial charge in [-0.1, -0.05) is 20.8 Å². The number of fused-ring (bicyclic) bond motifs is 1. The molecule has 1 aliphatic carbocycles. The Balaban J connectivity index is 0.000000552. The van der Waals surface area contributed by atoms with E-state index in [9.17, 15) is 18.4 Å². The summed E-state index contributed by atoms with van der Waals surface area (Å²) in [7, 11) is 0. The second-order valence-electron chi connectivity index (χ2n) is 8.30. The Morgan fingerprint density at radius 3 is 2.62 bits per heavy atom. The minimum Gasteiger partial charge on any atom is -0.344 e. The molecule has 2 N–H and O–H groups in total. The second-order valence-corrected chi connectivity index (χ2v) is 8.30. The molecule has 0 aromatic carbocycles. The molecule has 0 unspecified atom stereocenters. The van der Waals surface area contributed by atoms with E-state index in [1.54, 1.807) is 6.20 Å². The highest BCUT2D eigenvalue weighted by atomic mass is 19.3. The van der Waals surface area contributed by atoms with Gasteiger partial charge in [0.2, 0.25) is 5.91 Å². The Morgan fingerprint density at radius 1 is 1.34 bits per heavy atom. The lowest BCUT2D eigenvalue weighted by atomic mass is 10.2. The molecular weight excluding hydrogens is 380 g/mol. The molecule has 2 fully saturated rings. The monoisotopic (exact) mass is 407 g/mol. The predicted octanol–water partition coefficient (Wildman–Crippen LogP) is 3.10. The van der Waals surface area contributed by atoms with Crippen LogP contribution in [0.4, 0.5) is 8.78 Å². The minimum absolute atomic E-state index is 0.00497. The Kier molecular flexibility index (Phi) is 6.14. The van der Waals surface area contributed by atoms with E-state index in [-0.39, 0.29) is 19.5 Å². The van der Waals surface area contributed by atoms with Crippen molar-refractivity contribution in [3.8, 4) is 0 Å². The number of aromatic amines is 1. The first-order valence-electron chi connectivity index (χ1n) is 9.94. The van der Waals surface area contributed by atoms with E-state index >= 15 is 0 Å². The highest BCUT2D eigenvalue weighted by Gasteiger charge is 2.40. The Morgan fingerprint density at radius 2 is 2.03 bits per heavy atom. The van der Waals surface area contributed by atoms with E-state index in [1.807, 2.05) is 0 Å². The maximum Gasteiger partial charge on any atom is 0.267 e. The maximum absolute atomic E-state index is 13.2. The molecule has 1 aliphatic heterocycles. The molecule has 3 heterocycles. The number of carbonyl (C=O) groups is 2. The molecule has 0 bridgehead atoms. The van der Waals surface area contributed by atoms with Crippen LogP contribution in [-0.2, 0) is 4.79 Å². The van der Waals surface area contributed by atoms with Crippen LogP contribution in [0.1, 0.15) is 62.0 Å². The van der Waals surface area contributed by atoms with Crippen molar-refractivity contribution in [2.24, 2.45) is 5.92 Å². The zero-order valence-corrected chi connectivity index (χ0v) is 17.0. The summed E-state index contributed by atoms with van der Waals surface area (Å²) in [5.74, 6) is -2.60. The van der Waals surface area contributed by atoms with Gasteiger partial charge >= 0.3 is 0 Å². The van der Waals surface area contributed by atoms with E-state index in [1.165, 1.54) is 6.20 Å². The number of nitrogens with zero attached hydrogens (tertiary/aromatic N) is 3. The fraction of sp³-hybridized carbons (Fsp3) is 0.600. The summed E-state index contributed by atoms with van der Waals surface area (Å²) in [5, 5.41) is 2.48. The highest BCUT2D eigenvalue weighted by molar-refractivity contribution is 6.05. The summed E-state index contributed by atoms with van der Waals surface area (Å²) in [4.78, 5) is 37.0. The lowest BCUT2D eigenvalue weighted by Gasteiger charge is -2.16. The number of H-pyrrole nitrogens is 1. The number of alkyl halides is 2. The topological polar surface area (TPSA) is 91.0 Å². The number of nitrogens with one attached hydrogen (secondary N) is 2. The van der Waals surface area contributed by atoms with Crippen molar-refractivity contribution in [1.29, 1.82) is 0 Å². The van der Waals surface area contributed by atoms with Gasteiger partial charge in [-0.15, -0.1) is 0 Å². The third kappa shape index (κ3) is 5.48. The zero-order chi connectivity index (χ0) is 21.2. The summed E-state index contributed by atoms with van der Waals surface area (Å²) in [6, 6.07) is 0. The van der Waals surface area contributed by atoms with Crippen LogP contribution >= 0.6 is 0 Å². The van der Waals surface area contributed by atoms with Crippen LogP contribution in [0, 0.1) is 5.92 Å². The molecule has 0 spiro atoms. The van der Waals surface area contributed by atoms with Crippen LogP contribution in [0.3, 0.4) is 0 Å². The molecule has 0 radical (unpaired) electrons. The van der Waals surface area contributed by atoms with Gasteiger partial charge in [0, 0.05) is 25.1 Å².